The molecule has 0 saturated heterocycles. The molecule has 0 aliphatic rings. The average Bonchev–Trinajstić information content (AvgIpc) is 2.69. The minimum Gasteiger partial charge on any atom is -0.265 e. The van der Waals surface area contributed by atoms with Gasteiger partial charge in [-0.15, -0.1) is 0 Å². The number of pyridine rings is 1. The lowest BCUT2D eigenvalue weighted by Crippen LogP contribution is -1.96. The maximum Gasteiger partial charge on any atom is 0.160 e. The molecule has 0 saturated carbocycles. The van der Waals surface area contributed by atoms with Crippen LogP contribution in [0.1, 0.15) is 0 Å². The number of aromatic nitrogens is 3. The molecule has 5 heteroatoms. The first-order chi connectivity index (χ1) is 12.7. The zero-order chi connectivity index (χ0) is 17.9. The average molecular weight is 345 g/mol. The second-order valence-corrected chi connectivity index (χ2v) is 5.72. The van der Waals surface area contributed by atoms with Crippen molar-refractivity contribution in [1.82, 2.24) is 15.0 Å². The van der Waals surface area contributed by atoms with Gasteiger partial charge in [-0.1, -0.05) is 12.1 Å². The van der Waals surface area contributed by atoms with Crippen molar-refractivity contribution in [2.45, 2.75) is 0 Å². The Morgan fingerprint density at radius 1 is 0.577 bits per heavy atom. The molecule has 0 bridgehead atoms. The summed E-state index contributed by atoms with van der Waals surface area (Å²) >= 11 is 0. The molecule has 0 N–H and O–H groups in total. The molecule has 0 aliphatic carbocycles. The molecule has 0 fully saturated rings. The predicted molar refractivity (Wildman–Crippen MR) is 96.1 cm³/mol. The van der Waals surface area contributed by atoms with Gasteiger partial charge in [0.2, 0.25) is 0 Å². The van der Waals surface area contributed by atoms with Gasteiger partial charge in [0, 0.05) is 29.1 Å². The van der Waals surface area contributed by atoms with Gasteiger partial charge in [0.05, 0.1) is 11.4 Å². The van der Waals surface area contributed by atoms with Crippen molar-refractivity contribution in [3.05, 3.63) is 90.8 Å². The molecule has 4 aromatic rings. The molecule has 3 nitrogen and oxygen atoms in total. The molecule has 0 radical (unpaired) electrons. The van der Waals surface area contributed by atoms with Crippen molar-refractivity contribution < 1.29 is 8.78 Å². The standard InChI is InChI=1S/C21H13F2N3/c22-17-6-4-14(5-7-17)19-13-20(16-2-1-3-18(23)12-16)26-21(25-19)15-8-10-24-11-9-15/h1-13H. The minimum atomic E-state index is -0.338. The van der Waals surface area contributed by atoms with Gasteiger partial charge in [-0.25, -0.2) is 18.7 Å². The zero-order valence-electron chi connectivity index (χ0n) is 13.6. The highest BCUT2D eigenvalue weighted by Gasteiger charge is 2.11. The maximum atomic E-state index is 13.7. The van der Waals surface area contributed by atoms with E-state index >= 15 is 0 Å². The van der Waals surface area contributed by atoms with E-state index in [1.165, 1.54) is 24.3 Å². The Labute approximate surface area is 149 Å². The van der Waals surface area contributed by atoms with Crippen molar-refractivity contribution in [3.8, 4) is 33.9 Å². The van der Waals surface area contributed by atoms with Gasteiger partial charge in [0.25, 0.3) is 0 Å². The molecular weight excluding hydrogens is 332 g/mol. The van der Waals surface area contributed by atoms with Crippen molar-refractivity contribution in [2.24, 2.45) is 0 Å². The Balaban J connectivity index is 1.91. The maximum absolute atomic E-state index is 13.7. The number of halogens is 2. The van der Waals surface area contributed by atoms with Crippen LogP contribution in [-0.2, 0) is 0 Å². The van der Waals surface area contributed by atoms with E-state index in [-0.39, 0.29) is 11.6 Å². The van der Waals surface area contributed by atoms with Crippen LogP contribution in [0.15, 0.2) is 79.1 Å². The van der Waals surface area contributed by atoms with Gasteiger partial charge in [0.15, 0.2) is 5.82 Å². The Bertz CT molecular complexity index is 1050. The lowest BCUT2D eigenvalue weighted by atomic mass is 10.1. The van der Waals surface area contributed by atoms with E-state index in [9.17, 15) is 8.78 Å². The summed E-state index contributed by atoms with van der Waals surface area (Å²) < 4.78 is 26.9. The molecule has 2 heterocycles. The molecular formula is C21H13F2N3. The van der Waals surface area contributed by atoms with E-state index in [0.29, 0.717) is 22.8 Å². The summed E-state index contributed by atoms with van der Waals surface area (Å²) in [5, 5.41) is 0. The highest BCUT2D eigenvalue weighted by molar-refractivity contribution is 5.71. The smallest absolute Gasteiger partial charge is 0.160 e. The Morgan fingerprint density at radius 3 is 1.96 bits per heavy atom. The molecule has 0 spiro atoms. The number of hydrogen-bond acceptors (Lipinski definition) is 3. The molecule has 0 atom stereocenters. The number of benzene rings is 2. The normalized spacial score (nSPS) is 10.7. The highest BCUT2D eigenvalue weighted by atomic mass is 19.1. The summed E-state index contributed by atoms with van der Waals surface area (Å²) in [4.78, 5) is 13.2. The SMILES string of the molecule is Fc1ccc(-c2cc(-c3cccc(F)c3)nc(-c3ccncc3)n2)cc1. The molecule has 126 valence electrons. The summed E-state index contributed by atoms with van der Waals surface area (Å²) in [6.07, 6.45) is 3.32. The van der Waals surface area contributed by atoms with E-state index < -0.39 is 0 Å². The third-order valence-corrected chi connectivity index (χ3v) is 3.93. The van der Waals surface area contributed by atoms with E-state index in [0.717, 1.165) is 11.1 Å². The molecule has 2 aromatic carbocycles. The van der Waals surface area contributed by atoms with Crippen molar-refractivity contribution in [1.29, 1.82) is 0 Å². The second-order valence-electron chi connectivity index (χ2n) is 5.72. The summed E-state index contributed by atoms with van der Waals surface area (Å²) in [7, 11) is 0. The van der Waals surface area contributed by atoms with Gasteiger partial charge in [-0.2, -0.15) is 0 Å². The molecule has 26 heavy (non-hydrogen) atoms. The van der Waals surface area contributed by atoms with Crippen molar-refractivity contribution >= 4 is 0 Å². The molecule has 4 rings (SSSR count). The van der Waals surface area contributed by atoms with Crippen LogP contribution in [0.2, 0.25) is 0 Å². The Morgan fingerprint density at radius 2 is 1.27 bits per heavy atom. The van der Waals surface area contributed by atoms with Gasteiger partial charge in [-0.05, 0) is 54.6 Å². The van der Waals surface area contributed by atoms with E-state index in [1.54, 1.807) is 54.9 Å². The number of hydrogen-bond donors (Lipinski definition) is 0. The van der Waals surface area contributed by atoms with Gasteiger partial charge < -0.3 is 0 Å². The van der Waals surface area contributed by atoms with Crippen LogP contribution < -0.4 is 0 Å². The van der Waals surface area contributed by atoms with Crippen LogP contribution in [0.3, 0.4) is 0 Å². The largest absolute Gasteiger partial charge is 0.265 e. The third-order valence-electron chi connectivity index (χ3n) is 3.93. The highest BCUT2D eigenvalue weighted by Crippen LogP contribution is 2.27. The molecule has 0 unspecified atom stereocenters. The zero-order valence-corrected chi connectivity index (χ0v) is 13.6. The fourth-order valence-electron chi connectivity index (χ4n) is 2.64. The van der Waals surface area contributed by atoms with Gasteiger partial charge in [0.1, 0.15) is 11.6 Å². The first-order valence-corrected chi connectivity index (χ1v) is 8.00. The Kier molecular flexibility index (Phi) is 4.19. The molecule has 0 aliphatic heterocycles. The van der Waals surface area contributed by atoms with Crippen molar-refractivity contribution in [3.63, 3.8) is 0 Å². The number of rotatable bonds is 3. The molecule has 0 amide bonds. The second kappa shape index (κ2) is 6.80. The van der Waals surface area contributed by atoms with Crippen LogP contribution >= 0.6 is 0 Å². The van der Waals surface area contributed by atoms with E-state index in [2.05, 4.69) is 15.0 Å². The van der Waals surface area contributed by atoms with Gasteiger partial charge >= 0.3 is 0 Å². The topological polar surface area (TPSA) is 38.7 Å². The van der Waals surface area contributed by atoms with Crippen LogP contribution in [0, 0.1) is 11.6 Å². The van der Waals surface area contributed by atoms with Gasteiger partial charge in [-0.3, -0.25) is 4.98 Å². The fourth-order valence-corrected chi connectivity index (χ4v) is 2.64. The molecule has 2 aromatic heterocycles. The summed E-state index contributed by atoms with van der Waals surface area (Å²) in [6, 6.07) is 17.7. The summed E-state index contributed by atoms with van der Waals surface area (Å²) in [5.41, 5.74) is 3.41. The van der Waals surface area contributed by atoms with E-state index in [4.69, 9.17) is 0 Å². The lowest BCUT2D eigenvalue weighted by Gasteiger charge is -2.09. The number of nitrogens with zero attached hydrogens (tertiary/aromatic N) is 3. The van der Waals surface area contributed by atoms with E-state index in [1.807, 2.05) is 0 Å². The monoisotopic (exact) mass is 345 g/mol. The fraction of sp³-hybridized carbons (Fsp3) is 0. The van der Waals surface area contributed by atoms with Crippen LogP contribution in [0.25, 0.3) is 33.9 Å². The van der Waals surface area contributed by atoms with Crippen molar-refractivity contribution in [2.75, 3.05) is 0 Å². The first-order valence-electron chi connectivity index (χ1n) is 8.00. The Hall–Kier alpha value is -3.47. The minimum absolute atomic E-state index is 0.317. The predicted octanol–water partition coefficient (Wildman–Crippen LogP) is 5.15. The van der Waals surface area contributed by atoms with Crippen LogP contribution in [-0.4, -0.2) is 15.0 Å². The summed E-state index contributed by atoms with van der Waals surface area (Å²) in [6.45, 7) is 0. The summed E-state index contributed by atoms with van der Waals surface area (Å²) in [5.74, 6) is -0.161. The first kappa shape index (κ1) is 16.0. The quantitative estimate of drug-likeness (QED) is 0.515. The van der Waals surface area contributed by atoms with Crippen LogP contribution in [0.5, 0.6) is 0 Å². The third kappa shape index (κ3) is 3.32. The van der Waals surface area contributed by atoms with Crippen LogP contribution in [0.4, 0.5) is 8.78 Å². The lowest BCUT2D eigenvalue weighted by molar-refractivity contribution is 0.627.